The molecule has 0 spiro atoms. The molecule has 0 aliphatic heterocycles. The Morgan fingerprint density at radius 1 is 1.25 bits per heavy atom. The molecule has 6 heteroatoms. The van der Waals surface area contributed by atoms with Gasteiger partial charge in [-0.3, -0.25) is 4.98 Å². The number of pyridine rings is 1. The van der Waals surface area contributed by atoms with Gasteiger partial charge in [-0.1, -0.05) is 25.9 Å². The average molecular weight is 331 g/mol. The smallest absolute Gasteiger partial charge is 0.232 e. The number of hydrogen-bond acceptors (Lipinski definition) is 6. The fourth-order valence-corrected chi connectivity index (χ4v) is 2.38. The Balaban J connectivity index is 1.82. The highest BCUT2D eigenvalue weighted by molar-refractivity contribution is 5.54. The Labute approximate surface area is 142 Å². The molecule has 0 aromatic carbocycles. The summed E-state index contributed by atoms with van der Waals surface area (Å²) < 4.78 is 16.6. The summed E-state index contributed by atoms with van der Waals surface area (Å²) in [6.07, 6.45) is 4.27. The third-order valence-corrected chi connectivity index (χ3v) is 3.90. The van der Waals surface area contributed by atoms with E-state index in [0.717, 1.165) is 11.3 Å². The summed E-state index contributed by atoms with van der Waals surface area (Å²) >= 11 is 0. The maximum atomic E-state index is 5.93. The summed E-state index contributed by atoms with van der Waals surface area (Å²) in [5.74, 6) is 2.51. The van der Waals surface area contributed by atoms with E-state index in [1.807, 2.05) is 40.0 Å². The minimum atomic E-state index is -0.184. The van der Waals surface area contributed by atoms with E-state index in [1.54, 1.807) is 0 Å². The van der Waals surface area contributed by atoms with Crippen LogP contribution in [-0.2, 0) is 10.2 Å². The zero-order chi connectivity index (χ0) is 17.2. The summed E-state index contributed by atoms with van der Waals surface area (Å²) in [5.41, 5.74) is 1.65. The number of hydrogen-bond donors (Lipinski definition) is 0. The highest BCUT2D eigenvalue weighted by Crippen LogP contribution is 2.44. The van der Waals surface area contributed by atoms with Gasteiger partial charge in [0.05, 0.1) is 6.61 Å². The lowest BCUT2D eigenvalue weighted by Gasteiger charge is -2.12. The largest absolute Gasteiger partial charge is 0.491 e. The third-order valence-electron chi connectivity index (χ3n) is 3.90. The van der Waals surface area contributed by atoms with Crippen molar-refractivity contribution in [3.05, 3.63) is 23.7 Å². The molecule has 130 valence electrons. The van der Waals surface area contributed by atoms with Crippen LogP contribution in [0.1, 0.15) is 57.9 Å². The Morgan fingerprint density at radius 2 is 2.04 bits per heavy atom. The summed E-state index contributed by atoms with van der Waals surface area (Å²) in [5, 5.41) is 4.07. The molecule has 0 radical (unpaired) electrons. The molecule has 24 heavy (non-hydrogen) atoms. The van der Waals surface area contributed by atoms with E-state index in [9.17, 15) is 0 Å². The minimum Gasteiger partial charge on any atom is -0.491 e. The Morgan fingerprint density at radius 3 is 2.67 bits per heavy atom. The minimum absolute atomic E-state index is 0.184. The summed E-state index contributed by atoms with van der Waals surface area (Å²) in [4.78, 5) is 8.99. The van der Waals surface area contributed by atoms with Crippen LogP contribution < -0.4 is 4.74 Å². The molecular formula is C18H25N3O3. The van der Waals surface area contributed by atoms with E-state index in [4.69, 9.17) is 14.0 Å². The van der Waals surface area contributed by atoms with E-state index in [0.29, 0.717) is 43.1 Å². The zero-order valence-corrected chi connectivity index (χ0v) is 14.8. The SMILES string of the molecule is CCOCCOc1cc(-c2noc(C(C)(C)C)n2)ncc1C1CC1. The fraction of sp³-hybridized carbons (Fsp3) is 0.611. The van der Waals surface area contributed by atoms with E-state index >= 15 is 0 Å². The average Bonchev–Trinajstić information content (AvgIpc) is 3.25. The van der Waals surface area contributed by atoms with Crippen LogP contribution in [-0.4, -0.2) is 34.9 Å². The monoisotopic (exact) mass is 331 g/mol. The maximum Gasteiger partial charge on any atom is 0.232 e. The molecule has 2 heterocycles. The molecule has 1 aliphatic rings. The second-order valence-electron chi connectivity index (χ2n) is 7.10. The number of rotatable bonds is 7. The summed E-state index contributed by atoms with van der Waals surface area (Å²) in [7, 11) is 0. The fourth-order valence-electron chi connectivity index (χ4n) is 2.38. The first kappa shape index (κ1) is 16.9. The number of ether oxygens (including phenoxy) is 2. The topological polar surface area (TPSA) is 70.3 Å². The van der Waals surface area contributed by atoms with Crippen LogP contribution in [0.5, 0.6) is 5.75 Å². The van der Waals surface area contributed by atoms with Gasteiger partial charge in [0.25, 0.3) is 0 Å². The number of aromatic nitrogens is 3. The van der Waals surface area contributed by atoms with Gasteiger partial charge in [-0.05, 0) is 25.7 Å². The third kappa shape index (κ3) is 3.93. The first-order valence-electron chi connectivity index (χ1n) is 8.54. The molecule has 0 N–H and O–H groups in total. The second kappa shape index (κ2) is 6.89. The van der Waals surface area contributed by atoms with Gasteiger partial charge in [0, 0.05) is 29.8 Å². The Bertz CT molecular complexity index is 687. The molecule has 0 amide bonds. The molecule has 3 rings (SSSR count). The standard InChI is InChI=1S/C18H25N3O3/c1-5-22-8-9-23-15-10-14(19-11-13(15)12-6-7-12)16-20-17(24-21-16)18(2,3)4/h10-12H,5-9H2,1-4H3. The van der Waals surface area contributed by atoms with Crippen LogP contribution in [0.25, 0.3) is 11.5 Å². The lowest BCUT2D eigenvalue weighted by molar-refractivity contribution is 0.110. The summed E-state index contributed by atoms with van der Waals surface area (Å²) in [6.45, 7) is 9.88. The molecule has 6 nitrogen and oxygen atoms in total. The van der Waals surface area contributed by atoms with E-state index < -0.39 is 0 Å². The van der Waals surface area contributed by atoms with Crippen LogP contribution in [0.2, 0.25) is 0 Å². The van der Waals surface area contributed by atoms with E-state index in [-0.39, 0.29) is 5.41 Å². The van der Waals surface area contributed by atoms with Crippen LogP contribution in [0.15, 0.2) is 16.8 Å². The van der Waals surface area contributed by atoms with Crippen molar-refractivity contribution in [2.24, 2.45) is 0 Å². The lowest BCUT2D eigenvalue weighted by Crippen LogP contribution is -2.11. The van der Waals surface area contributed by atoms with Crippen molar-refractivity contribution in [2.45, 2.75) is 51.9 Å². The Kier molecular flexibility index (Phi) is 4.85. The highest BCUT2D eigenvalue weighted by atomic mass is 16.5. The van der Waals surface area contributed by atoms with Gasteiger partial charge in [0.1, 0.15) is 18.1 Å². The summed E-state index contributed by atoms with van der Waals surface area (Å²) in [6, 6.07) is 1.91. The van der Waals surface area contributed by atoms with Crippen LogP contribution in [0, 0.1) is 0 Å². The second-order valence-corrected chi connectivity index (χ2v) is 7.10. The number of nitrogens with zero attached hydrogens (tertiary/aromatic N) is 3. The predicted octanol–water partition coefficient (Wildman–Crippen LogP) is 3.72. The zero-order valence-electron chi connectivity index (χ0n) is 14.8. The van der Waals surface area contributed by atoms with Crippen molar-refractivity contribution in [1.82, 2.24) is 15.1 Å². The normalized spacial score (nSPS) is 14.8. The van der Waals surface area contributed by atoms with Gasteiger partial charge < -0.3 is 14.0 Å². The molecule has 2 aromatic rings. The van der Waals surface area contributed by atoms with Crippen molar-refractivity contribution in [3.8, 4) is 17.3 Å². The van der Waals surface area contributed by atoms with Gasteiger partial charge in [0.2, 0.25) is 11.7 Å². The van der Waals surface area contributed by atoms with Crippen molar-refractivity contribution >= 4 is 0 Å². The maximum absolute atomic E-state index is 5.93. The lowest BCUT2D eigenvalue weighted by atomic mass is 9.97. The van der Waals surface area contributed by atoms with Crippen molar-refractivity contribution in [2.75, 3.05) is 19.8 Å². The van der Waals surface area contributed by atoms with Crippen LogP contribution >= 0.6 is 0 Å². The molecule has 0 atom stereocenters. The molecule has 2 aromatic heterocycles. The van der Waals surface area contributed by atoms with Gasteiger partial charge in [-0.15, -0.1) is 0 Å². The van der Waals surface area contributed by atoms with Crippen LogP contribution in [0.3, 0.4) is 0 Å². The molecule has 1 fully saturated rings. The van der Waals surface area contributed by atoms with Gasteiger partial charge in [-0.2, -0.15) is 4.98 Å². The van der Waals surface area contributed by atoms with E-state index in [2.05, 4.69) is 15.1 Å². The molecule has 0 unspecified atom stereocenters. The van der Waals surface area contributed by atoms with Gasteiger partial charge >= 0.3 is 0 Å². The first-order chi connectivity index (χ1) is 11.5. The van der Waals surface area contributed by atoms with Crippen molar-refractivity contribution in [1.29, 1.82) is 0 Å². The molecule has 1 saturated carbocycles. The van der Waals surface area contributed by atoms with Gasteiger partial charge in [0.15, 0.2) is 0 Å². The first-order valence-corrected chi connectivity index (χ1v) is 8.54. The van der Waals surface area contributed by atoms with E-state index in [1.165, 1.54) is 12.8 Å². The van der Waals surface area contributed by atoms with Gasteiger partial charge in [-0.25, -0.2) is 0 Å². The Hall–Kier alpha value is -1.95. The predicted molar refractivity (Wildman–Crippen MR) is 90.2 cm³/mol. The molecule has 1 aliphatic carbocycles. The molecule has 0 saturated heterocycles. The molecule has 0 bridgehead atoms. The quantitative estimate of drug-likeness (QED) is 0.720. The molecular weight excluding hydrogens is 306 g/mol. The van der Waals surface area contributed by atoms with Crippen LogP contribution in [0.4, 0.5) is 0 Å². The highest BCUT2D eigenvalue weighted by Gasteiger charge is 2.28. The van der Waals surface area contributed by atoms with Crippen molar-refractivity contribution < 1.29 is 14.0 Å². The van der Waals surface area contributed by atoms with Crippen molar-refractivity contribution in [3.63, 3.8) is 0 Å².